The highest BCUT2D eigenvalue weighted by Gasteiger charge is 2.36. The lowest BCUT2D eigenvalue weighted by molar-refractivity contribution is 0.0800. The van der Waals surface area contributed by atoms with Crippen molar-refractivity contribution in [2.75, 3.05) is 13.2 Å². The molecule has 3 unspecified atom stereocenters. The fourth-order valence-corrected chi connectivity index (χ4v) is 2.86. The zero-order valence-electron chi connectivity index (χ0n) is 13.7. The number of aliphatic hydroxyl groups excluding tert-OH is 1. The second-order valence-electron chi connectivity index (χ2n) is 6.92. The first kappa shape index (κ1) is 16.5. The maximum absolute atomic E-state index is 10.4. The standard InChI is InChI=1S/C18H29NO2/c1-13(2)11-15-5-7-16(8-6-15)17(20)12-19-18(4)9-10-21-14(18)3/h5-8,13-14,17,19-20H,9-12H2,1-4H3. The van der Waals surface area contributed by atoms with Gasteiger partial charge in [0, 0.05) is 18.7 Å². The molecule has 118 valence electrons. The van der Waals surface area contributed by atoms with Gasteiger partial charge in [-0.05, 0) is 43.7 Å². The Kier molecular flexibility index (Phi) is 5.42. The van der Waals surface area contributed by atoms with Gasteiger partial charge in [0.15, 0.2) is 0 Å². The summed E-state index contributed by atoms with van der Waals surface area (Å²) in [5.41, 5.74) is 2.28. The number of β-amino-alcohol motifs (C(OH)–C–C–N with tert-alkyl or cyclic N) is 1. The Morgan fingerprint density at radius 2 is 2.00 bits per heavy atom. The van der Waals surface area contributed by atoms with Gasteiger partial charge in [-0.3, -0.25) is 0 Å². The predicted octanol–water partition coefficient (Wildman–Crippen LogP) is 3.08. The molecular weight excluding hydrogens is 262 g/mol. The molecular formula is C18H29NO2. The molecule has 1 aromatic rings. The SMILES string of the molecule is CC(C)Cc1ccc(C(O)CNC2(C)CCOC2C)cc1. The first-order valence-electron chi connectivity index (χ1n) is 8.04. The molecule has 2 N–H and O–H groups in total. The molecule has 1 aliphatic heterocycles. The Balaban J connectivity index is 1.89. The third kappa shape index (κ3) is 4.29. The van der Waals surface area contributed by atoms with E-state index in [1.807, 2.05) is 12.1 Å². The van der Waals surface area contributed by atoms with Crippen molar-refractivity contribution in [1.29, 1.82) is 0 Å². The molecule has 1 aliphatic rings. The van der Waals surface area contributed by atoms with E-state index >= 15 is 0 Å². The maximum atomic E-state index is 10.4. The predicted molar refractivity (Wildman–Crippen MR) is 86.4 cm³/mol. The quantitative estimate of drug-likeness (QED) is 0.846. The molecule has 0 amide bonds. The summed E-state index contributed by atoms with van der Waals surface area (Å²) in [6.07, 6.45) is 1.80. The van der Waals surface area contributed by atoms with Crippen molar-refractivity contribution < 1.29 is 9.84 Å². The van der Waals surface area contributed by atoms with Gasteiger partial charge in [-0.2, -0.15) is 0 Å². The molecule has 1 fully saturated rings. The molecule has 0 aliphatic carbocycles. The van der Waals surface area contributed by atoms with E-state index < -0.39 is 6.10 Å². The summed E-state index contributed by atoms with van der Waals surface area (Å²) >= 11 is 0. The van der Waals surface area contributed by atoms with Crippen LogP contribution in [0.2, 0.25) is 0 Å². The number of hydrogen-bond donors (Lipinski definition) is 2. The Bertz CT molecular complexity index is 443. The number of ether oxygens (including phenoxy) is 1. The van der Waals surface area contributed by atoms with Gasteiger partial charge in [0.1, 0.15) is 0 Å². The zero-order valence-corrected chi connectivity index (χ0v) is 13.7. The summed E-state index contributed by atoms with van der Waals surface area (Å²) in [7, 11) is 0. The van der Waals surface area contributed by atoms with Crippen LogP contribution >= 0.6 is 0 Å². The summed E-state index contributed by atoms with van der Waals surface area (Å²) in [5.74, 6) is 0.659. The van der Waals surface area contributed by atoms with Crippen molar-refractivity contribution in [2.24, 2.45) is 5.92 Å². The van der Waals surface area contributed by atoms with Gasteiger partial charge in [0.25, 0.3) is 0 Å². The lowest BCUT2D eigenvalue weighted by Crippen LogP contribution is -2.49. The molecule has 2 rings (SSSR count). The van der Waals surface area contributed by atoms with Gasteiger partial charge in [-0.15, -0.1) is 0 Å². The average Bonchev–Trinajstić information content (AvgIpc) is 2.77. The van der Waals surface area contributed by atoms with Crippen LogP contribution in [0.3, 0.4) is 0 Å². The van der Waals surface area contributed by atoms with Crippen LogP contribution in [0.4, 0.5) is 0 Å². The largest absolute Gasteiger partial charge is 0.387 e. The third-order valence-electron chi connectivity index (χ3n) is 4.59. The van der Waals surface area contributed by atoms with E-state index in [0.29, 0.717) is 12.5 Å². The van der Waals surface area contributed by atoms with Crippen LogP contribution < -0.4 is 5.32 Å². The van der Waals surface area contributed by atoms with Gasteiger partial charge in [0.05, 0.1) is 12.2 Å². The molecule has 1 heterocycles. The second kappa shape index (κ2) is 6.91. The first-order valence-corrected chi connectivity index (χ1v) is 8.04. The summed E-state index contributed by atoms with van der Waals surface area (Å²) in [4.78, 5) is 0. The van der Waals surface area contributed by atoms with Crippen LogP contribution in [-0.4, -0.2) is 29.9 Å². The molecule has 1 aromatic carbocycles. The molecule has 21 heavy (non-hydrogen) atoms. The first-order chi connectivity index (χ1) is 9.90. The van der Waals surface area contributed by atoms with Crippen LogP contribution in [0, 0.1) is 5.92 Å². The average molecular weight is 291 g/mol. The number of nitrogens with one attached hydrogen (secondary N) is 1. The van der Waals surface area contributed by atoms with Crippen LogP contribution in [0.5, 0.6) is 0 Å². The Morgan fingerprint density at radius 1 is 1.33 bits per heavy atom. The number of hydrogen-bond acceptors (Lipinski definition) is 3. The molecule has 0 spiro atoms. The second-order valence-corrected chi connectivity index (χ2v) is 6.92. The van der Waals surface area contributed by atoms with Crippen molar-refractivity contribution in [1.82, 2.24) is 5.32 Å². The van der Waals surface area contributed by atoms with Crippen LogP contribution in [-0.2, 0) is 11.2 Å². The number of rotatable bonds is 6. The van der Waals surface area contributed by atoms with Crippen molar-refractivity contribution in [3.8, 4) is 0 Å². The number of aliphatic hydroxyl groups is 1. The van der Waals surface area contributed by atoms with Crippen LogP contribution in [0.15, 0.2) is 24.3 Å². The molecule has 0 radical (unpaired) electrons. The van der Waals surface area contributed by atoms with Crippen LogP contribution in [0.1, 0.15) is 51.3 Å². The fraction of sp³-hybridized carbons (Fsp3) is 0.667. The maximum Gasteiger partial charge on any atom is 0.0914 e. The lowest BCUT2D eigenvalue weighted by Gasteiger charge is -2.30. The highest BCUT2D eigenvalue weighted by molar-refractivity contribution is 5.24. The van der Waals surface area contributed by atoms with E-state index in [0.717, 1.165) is 25.0 Å². The van der Waals surface area contributed by atoms with E-state index in [-0.39, 0.29) is 11.6 Å². The smallest absolute Gasteiger partial charge is 0.0914 e. The van der Waals surface area contributed by atoms with Crippen LogP contribution in [0.25, 0.3) is 0 Å². The molecule has 1 saturated heterocycles. The summed E-state index contributed by atoms with van der Waals surface area (Å²) in [6.45, 7) is 10.1. The zero-order chi connectivity index (χ0) is 15.5. The minimum absolute atomic E-state index is 0.0292. The molecule has 3 atom stereocenters. The van der Waals surface area contributed by atoms with Crippen molar-refractivity contribution in [3.63, 3.8) is 0 Å². The fourth-order valence-electron chi connectivity index (χ4n) is 2.86. The van der Waals surface area contributed by atoms with Crippen molar-refractivity contribution in [3.05, 3.63) is 35.4 Å². The van der Waals surface area contributed by atoms with E-state index in [9.17, 15) is 5.11 Å². The Morgan fingerprint density at radius 3 is 2.52 bits per heavy atom. The number of benzene rings is 1. The van der Waals surface area contributed by atoms with Gasteiger partial charge in [-0.1, -0.05) is 38.1 Å². The molecule has 3 nitrogen and oxygen atoms in total. The Hall–Kier alpha value is -0.900. The van der Waals surface area contributed by atoms with E-state index in [2.05, 4.69) is 45.1 Å². The van der Waals surface area contributed by atoms with E-state index in [4.69, 9.17) is 4.74 Å². The van der Waals surface area contributed by atoms with Crippen molar-refractivity contribution in [2.45, 2.75) is 58.3 Å². The van der Waals surface area contributed by atoms with Gasteiger partial charge in [-0.25, -0.2) is 0 Å². The highest BCUT2D eigenvalue weighted by Crippen LogP contribution is 2.26. The molecule has 0 aromatic heterocycles. The summed E-state index contributed by atoms with van der Waals surface area (Å²) in [6, 6.07) is 8.34. The van der Waals surface area contributed by atoms with E-state index in [1.165, 1.54) is 5.56 Å². The minimum Gasteiger partial charge on any atom is -0.387 e. The van der Waals surface area contributed by atoms with Gasteiger partial charge in [0.2, 0.25) is 0 Å². The topological polar surface area (TPSA) is 41.5 Å². The van der Waals surface area contributed by atoms with E-state index in [1.54, 1.807) is 0 Å². The summed E-state index contributed by atoms with van der Waals surface area (Å²) in [5, 5.41) is 13.8. The lowest BCUT2D eigenvalue weighted by atomic mass is 9.94. The molecule has 0 saturated carbocycles. The normalized spacial score (nSPS) is 27.2. The third-order valence-corrected chi connectivity index (χ3v) is 4.59. The molecule has 3 heteroatoms. The Labute approximate surface area is 128 Å². The minimum atomic E-state index is -0.470. The summed E-state index contributed by atoms with van der Waals surface area (Å²) < 4.78 is 5.61. The van der Waals surface area contributed by atoms with Crippen molar-refractivity contribution >= 4 is 0 Å². The van der Waals surface area contributed by atoms with Gasteiger partial charge < -0.3 is 15.2 Å². The molecule has 0 bridgehead atoms. The highest BCUT2D eigenvalue weighted by atomic mass is 16.5. The monoisotopic (exact) mass is 291 g/mol. The van der Waals surface area contributed by atoms with Gasteiger partial charge >= 0.3 is 0 Å².